The second-order valence-corrected chi connectivity index (χ2v) is 6.96. The van der Waals surface area contributed by atoms with E-state index in [2.05, 4.69) is 25.9 Å². The Bertz CT molecular complexity index is 735. The maximum absolute atomic E-state index is 12.3. The molecule has 0 aliphatic heterocycles. The minimum absolute atomic E-state index is 0.00926. The topological polar surface area (TPSA) is 30.0 Å². The fraction of sp³-hybridized carbons (Fsp3) is 0. The second kappa shape index (κ2) is 5.88. The van der Waals surface area contributed by atoms with E-state index >= 15 is 0 Å². The Kier molecular flexibility index (Phi) is 3.97. The first-order valence-corrected chi connectivity index (χ1v) is 8.69. The Balaban J connectivity index is 1.91. The second-order valence-electron chi connectivity index (χ2n) is 4.24. The van der Waals surface area contributed by atoms with Crippen LogP contribution in [0.4, 0.5) is 0 Å². The van der Waals surface area contributed by atoms with Crippen LogP contribution in [0, 0.1) is 0 Å². The summed E-state index contributed by atoms with van der Waals surface area (Å²) in [4.78, 5) is 18.9. The number of aromatic nitrogens is 1. The van der Waals surface area contributed by atoms with Gasteiger partial charge in [0.2, 0.25) is 0 Å². The number of hydrogen-bond donors (Lipinski definition) is 0. The number of carbonyl (C=O) groups excluding carboxylic acids is 1. The van der Waals surface area contributed by atoms with Gasteiger partial charge >= 0.3 is 131 Å². The first-order valence-electron chi connectivity index (χ1n) is 6.05. The van der Waals surface area contributed by atoms with Crippen LogP contribution in [-0.4, -0.2) is 25.3 Å². The quantitative estimate of drug-likeness (QED) is 0.502. The molecule has 0 aliphatic rings. The van der Waals surface area contributed by atoms with Gasteiger partial charge in [-0.05, 0) is 0 Å². The molecule has 0 fully saturated rings. The van der Waals surface area contributed by atoms with Crippen LogP contribution >= 0.6 is 15.9 Å². The monoisotopic (exact) mass is 391 g/mol. The van der Waals surface area contributed by atoms with Gasteiger partial charge in [0.05, 0.1) is 0 Å². The van der Waals surface area contributed by atoms with Crippen molar-refractivity contribution in [1.82, 2.24) is 4.98 Å². The maximum atomic E-state index is 12.3. The van der Waals surface area contributed by atoms with E-state index < -0.39 is 0 Å². The number of ketones is 1. The number of benzene rings is 2. The Morgan fingerprint density at radius 2 is 1.70 bits per heavy atom. The standard InChI is InChI=1S/C16H10BrNOSe/c17-13-8-6-11(7-9-13)14-10-20-16(18-14)15(19)12-4-2-1-3-5-12/h1-10H. The van der Waals surface area contributed by atoms with Gasteiger partial charge in [-0.25, -0.2) is 0 Å². The SMILES string of the molecule is O=C(c1ccccc1)c1nc(-c2ccc(Br)cc2)c[se]1. The van der Waals surface area contributed by atoms with Gasteiger partial charge in [0.25, 0.3) is 0 Å². The number of rotatable bonds is 3. The van der Waals surface area contributed by atoms with E-state index in [-0.39, 0.29) is 20.3 Å². The van der Waals surface area contributed by atoms with Gasteiger partial charge in [-0.1, -0.05) is 0 Å². The minimum atomic E-state index is 0.00926. The first kappa shape index (κ1) is 13.5. The normalized spacial score (nSPS) is 10.4. The molecule has 98 valence electrons. The molecule has 2 aromatic carbocycles. The van der Waals surface area contributed by atoms with E-state index in [0.29, 0.717) is 10.1 Å². The molecule has 0 spiro atoms. The summed E-state index contributed by atoms with van der Waals surface area (Å²) in [5.41, 5.74) is 2.65. The van der Waals surface area contributed by atoms with Crippen molar-refractivity contribution in [2.24, 2.45) is 0 Å². The van der Waals surface area contributed by atoms with Crippen molar-refractivity contribution in [3.63, 3.8) is 0 Å². The van der Waals surface area contributed by atoms with Gasteiger partial charge < -0.3 is 0 Å². The molecule has 3 aromatic rings. The third-order valence-electron chi connectivity index (χ3n) is 2.87. The summed E-state index contributed by atoms with van der Waals surface area (Å²) in [6, 6.07) is 17.3. The molecule has 20 heavy (non-hydrogen) atoms. The van der Waals surface area contributed by atoms with E-state index in [1.807, 2.05) is 54.6 Å². The van der Waals surface area contributed by atoms with Crippen molar-refractivity contribution in [2.75, 3.05) is 0 Å². The van der Waals surface area contributed by atoms with Gasteiger partial charge in [0.15, 0.2) is 0 Å². The van der Waals surface area contributed by atoms with E-state index in [9.17, 15) is 4.79 Å². The van der Waals surface area contributed by atoms with E-state index in [4.69, 9.17) is 0 Å². The van der Waals surface area contributed by atoms with E-state index in [1.54, 1.807) is 0 Å². The Hall–Kier alpha value is -1.48. The van der Waals surface area contributed by atoms with Crippen molar-refractivity contribution < 1.29 is 4.79 Å². The Labute approximate surface area is 131 Å². The molecule has 1 heterocycles. The third-order valence-corrected chi connectivity index (χ3v) is 5.17. The Morgan fingerprint density at radius 3 is 2.40 bits per heavy atom. The summed E-state index contributed by atoms with van der Waals surface area (Å²) in [6.07, 6.45) is 0. The predicted octanol–water partition coefficient (Wildman–Crippen LogP) is 3.80. The van der Waals surface area contributed by atoms with Crippen LogP contribution in [0.15, 0.2) is 64.0 Å². The van der Waals surface area contributed by atoms with Gasteiger partial charge in [-0.2, -0.15) is 0 Å². The van der Waals surface area contributed by atoms with Gasteiger partial charge in [-0.3, -0.25) is 0 Å². The molecular weight excluding hydrogens is 381 g/mol. The number of nitrogens with zero attached hydrogens (tertiary/aromatic N) is 1. The van der Waals surface area contributed by atoms with Crippen LogP contribution in [0.25, 0.3) is 11.3 Å². The van der Waals surface area contributed by atoms with Crippen molar-refractivity contribution >= 4 is 36.2 Å². The summed E-state index contributed by atoms with van der Waals surface area (Å²) < 4.78 is 1.71. The molecule has 0 saturated carbocycles. The summed E-state index contributed by atoms with van der Waals surface area (Å²) >= 11 is 3.42. The van der Waals surface area contributed by atoms with Crippen molar-refractivity contribution in [1.29, 1.82) is 0 Å². The van der Waals surface area contributed by atoms with E-state index in [0.717, 1.165) is 15.7 Å². The number of halogens is 1. The van der Waals surface area contributed by atoms with Crippen LogP contribution in [-0.2, 0) is 0 Å². The third kappa shape index (κ3) is 2.83. The van der Waals surface area contributed by atoms with Crippen LogP contribution in [0.3, 0.4) is 0 Å². The zero-order valence-corrected chi connectivity index (χ0v) is 13.7. The Morgan fingerprint density at radius 1 is 1.00 bits per heavy atom. The zero-order chi connectivity index (χ0) is 13.9. The summed E-state index contributed by atoms with van der Waals surface area (Å²) in [7, 11) is 0. The van der Waals surface area contributed by atoms with Gasteiger partial charge in [-0.15, -0.1) is 0 Å². The molecule has 0 saturated heterocycles. The number of carbonyl (C=O) groups is 1. The van der Waals surface area contributed by atoms with Crippen molar-refractivity contribution in [3.8, 4) is 11.3 Å². The molecule has 0 aliphatic carbocycles. The molecule has 0 radical (unpaired) electrons. The van der Waals surface area contributed by atoms with E-state index in [1.165, 1.54) is 0 Å². The fourth-order valence-electron chi connectivity index (χ4n) is 1.84. The average Bonchev–Trinajstić information content (AvgIpc) is 2.98. The van der Waals surface area contributed by atoms with Gasteiger partial charge in [0.1, 0.15) is 0 Å². The van der Waals surface area contributed by atoms with Crippen LogP contribution in [0.2, 0.25) is 0 Å². The zero-order valence-electron chi connectivity index (χ0n) is 10.4. The molecule has 2 nitrogen and oxygen atoms in total. The molecular formula is C16H10BrNOSe. The molecule has 0 unspecified atom stereocenters. The summed E-state index contributed by atoms with van der Waals surface area (Å²) in [6.45, 7) is 0. The molecule has 0 atom stereocenters. The molecule has 0 amide bonds. The summed E-state index contributed by atoms with van der Waals surface area (Å²) in [5.74, 6) is 0.0361. The fourth-order valence-corrected chi connectivity index (χ4v) is 3.76. The van der Waals surface area contributed by atoms with Crippen LogP contribution in [0.1, 0.15) is 14.9 Å². The molecule has 3 rings (SSSR count). The molecule has 4 heteroatoms. The first-order chi connectivity index (χ1) is 9.74. The van der Waals surface area contributed by atoms with Crippen LogP contribution in [0.5, 0.6) is 0 Å². The molecule has 0 N–H and O–H groups in total. The van der Waals surface area contributed by atoms with Crippen molar-refractivity contribution in [3.05, 3.63) is 74.1 Å². The number of hydrogen-bond acceptors (Lipinski definition) is 2. The average molecular weight is 391 g/mol. The molecule has 1 aromatic heterocycles. The summed E-state index contributed by atoms with van der Waals surface area (Å²) in [5, 5.41) is 0. The predicted molar refractivity (Wildman–Crippen MR) is 84.2 cm³/mol. The van der Waals surface area contributed by atoms with Gasteiger partial charge in [0, 0.05) is 0 Å². The van der Waals surface area contributed by atoms with Crippen molar-refractivity contribution in [2.45, 2.75) is 0 Å². The van der Waals surface area contributed by atoms with Crippen LogP contribution < -0.4 is 0 Å². The molecule has 0 bridgehead atoms.